The first-order chi connectivity index (χ1) is 9.22. The van der Waals surface area contributed by atoms with E-state index in [2.05, 4.69) is 35.3 Å². The molecule has 1 aromatic rings. The summed E-state index contributed by atoms with van der Waals surface area (Å²) in [5.41, 5.74) is 1.33. The van der Waals surface area contributed by atoms with Crippen molar-refractivity contribution in [1.29, 1.82) is 0 Å². The van der Waals surface area contributed by atoms with Gasteiger partial charge in [-0.3, -0.25) is 4.90 Å². The van der Waals surface area contributed by atoms with Crippen molar-refractivity contribution in [2.45, 2.75) is 44.4 Å². The van der Waals surface area contributed by atoms with Crippen LogP contribution in [0.15, 0.2) is 16.7 Å². The molecule has 4 heteroatoms. The molecule has 0 radical (unpaired) electrons. The first-order valence-electron chi connectivity index (χ1n) is 7.40. The van der Waals surface area contributed by atoms with Gasteiger partial charge in [-0.05, 0) is 39.4 Å². The predicted molar refractivity (Wildman–Crippen MR) is 75.9 cm³/mol. The van der Waals surface area contributed by atoms with Gasteiger partial charge in [0.1, 0.15) is 5.76 Å². The number of likely N-dealkylation sites (tertiary alicyclic amines) is 1. The Morgan fingerprint density at radius 3 is 2.89 bits per heavy atom. The largest absolute Gasteiger partial charge is 0.468 e. The van der Waals surface area contributed by atoms with E-state index < -0.39 is 0 Å². The van der Waals surface area contributed by atoms with Crippen LogP contribution in [0.3, 0.4) is 0 Å². The van der Waals surface area contributed by atoms with Gasteiger partial charge in [0.2, 0.25) is 0 Å². The Balaban J connectivity index is 1.53. The van der Waals surface area contributed by atoms with Gasteiger partial charge < -0.3 is 14.6 Å². The summed E-state index contributed by atoms with van der Waals surface area (Å²) in [5, 5.41) is 3.56. The molecule has 0 amide bonds. The van der Waals surface area contributed by atoms with Gasteiger partial charge in [0, 0.05) is 37.3 Å². The van der Waals surface area contributed by atoms with Crippen LogP contribution in [0, 0.1) is 0 Å². The van der Waals surface area contributed by atoms with E-state index >= 15 is 0 Å². The van der Waals surface area contributed by atoms with Crippen LogP contribution in [0.2, 0.25) is 0 Å². The minimum absolute atomic E-state index is 0.697. The molecule has 1 N–H and O–H groups in total. The van der Waals surface area contributed by atoms with E-state index in [0.29, 0.717) is 6.04 Å². The van der Waals surface area contributed by atoms with Crippen LogP contribution in [0.25, 0.3) is 0 Å². The molecule has 4 nitrogen and oxygen atoms in total. The van der Waals surface area contributed by atoms with Gasteiger partial charge in [0.05, 0.1) is 12.8 Å². The summed E-state index contributed by atoms with van der Waals surface area (Å²) in [6.07, 6.45) is 5.77. The number of nitrogens with one attached hydrogen (secondary N) is 1. The molecule has 2 aliphatic rings. The molecule has 0 bridgehead atoms. The zero-order valence-electron chi connectivity index (χ0n) is 12.1. The van der Waals surface area contributed by atoms with Crippen LogP contribution in [-0.2, 0) is 13.1 Å². The van der Waals surface area contributed by atoms with E-state index in [0.717, 1.165) is 31.4 Å². The maximum atomic E-state index is 5.68. The summed E-state index contributed by atoms with van der Waals surface area (Å²) in [7, 11) is 4.35. The lowest BCUT2D eigenvalue weighted by atomic mass is 10.2. The number of nitrogens with zero attached hydrogens (tertiary/aromatic N) is 2. The summed E-state index contributed by atoms with van der Waals surface area (Å²) in [6.45, 7) is 4.25. The van der Waals surface area contributed by atoms with Gasteiger partial charge in [-0.1, -0.05) is 0 Å². The number of rotatable bonds is 6. The van der Waals surface area contributed by atoms with Crippen molar-refractivity contribution in [3.63, 3.8) is 0 Å². The Morgan fingerprint density at radius 2 is 2.21 bits per heavy atom. The van der Waals surface area contributed by atoms with Crippen molar-refractivity contribution in [3.05, 3.63) is 23.7 Å². The SMILES string of the molecule is CN(C)C1CCN(Cc2occc2CNC2CC2)C1. The van der Waals surface area contributed by atoms with E-state index in [1.165, 1.54) is 31.4 Å². The molecule has 1 saturated heterocycles. The topological polar surface area (TPSA) is 31.6 Å². The molecular weight excluding hydrogens is 238 g/mol. The third kappa shape index (κ3) is 3.38. The fourth-order valence-electron chi connectivity index (χ4n) is 2.79. The molecule has 0 spiro atoms. The summed E-state index contributed by atoms with van der Waals surface area (Å²) in [6, 6.07) is 3.57. The van der Waals surface area contributed by atoms with Gasteiger partial charge >= 0.3 is 0 Å². The molecule has 1 aromatic heterocycles. The van der Waals surface area contributed by atoms with Crippen molar-refractivity contribution >= 4 is 0 Å². The van der Waals surface area contributed by atoms with Crippen molar-refractivity contribution in [2.75, 3.05) is 27.2 Å². The monoisotopic (exact) mass is 263 g/mol. The Bertz CT molecular complexity index is 411. The van der Waals surface area contributed by atoms with Crippen LogP contribution >= 0.6 is 0 Å². The fourth-order valence-corrected chi connectivity index (χ4v) is 2.79. The summed E-state index contributed by atoms with van der Waals surface area (Å²) >= 11 is 0. The quantitative estimate of drug-likeness (QED) is 0.846. The van der Waals surface area contributed by atoms with Gasteiger partial charge in [-0.2, -0.15) is 0 Å². The first kappa shape index (κ1) is 13.2. The maximum Gasteiger partial charge on any atom is 0.122 e. The minimum Gasteiger partial charge on any atom is -0.468 e. The zero-order chi connectivity index (χ0) is 13.2. The molecule has 1 unspecified atom stereocenters. The van der Waals surface area contributed by atoms with Gasteiger partial charge in [-0.15, -0.1) is 0 Å². The Labute approximate surface area is 115 Å². The van der Waals surface area contributed by atoms with Crippen LogP contribution in [0.4, 0.5) is 0 Å². The second-order valence-corrected chi connectivity index (χ2v) is 6.17. The summed E-state index contributed by atoms with van der Waals surface area (Å²) in [5.74, 6) is 1.15. The van der Waals surface area contributed by atoms with Crippen LogP contribution in [0.1, 0.15) is 30.6 Å². The minimum atomic E-state index is 0.697. The molecule has 3 rings (SSSR count). The molecule has 1 saturated carbocycles. The second-order valence-electron chi connectivity index (χ2n) is 6.17. The Morgan fingerprint density at radius 1 is 1.37 bits per heavy atom. The summed E-state index contributed by atoms with van der Waals surface area (Å²) in [4.78, 5) is 4.84. The molecular formula is C15H25N3O. The smallest absolute Gasteiger partial charge is 0.122 e. The van der Waals surface area contributed by atoms with Crippen LogP contribution in [-0.4, -0.2) is 49.1 Å². The zero-order valence-corrected chi connectivity index (χ0v) is 12.1. The molecule has 19 heavy (non-hydrogen) atoms. The fraction of sp³-hybridized carbons (Fsp3) is 0.733. The highest BCUT2D eigenvalue weighted by atomic mass is 16.3. The molecule has 106 valence electrons. The van der Waals surface area contributed by atoms with Gasteiger partial charge in [-0.25, -0.2) is 0 Å². The van der Waals surface area contributed by atoms with Crippen LogP contribution in [0.5, 0.6) is 0 Å². The molecule has 0 aromatic carbocycles. The van der Waals surface area contributed by atoms with E-state index in [1.807, 2.05) is 6.26 Å². The van der Waals surface area contributed by atoms with Crippen molar-refractivity contribution in [2.24, 2.45) is 0 Å². The lowest BCUT2D eigenvalue weighted by Crippen LogP contribution is -2.31. The van der Waals surface area contributed by atoms with Gasteiger partial charge in [0.15, 0.2) is 0 Å². The number of likely N-dealkylation sites (N-methyl/N-ethyl adjacent to an activating group) is 1. The number of hydrogen-bond donors (Lipinski definition) is 1. The molecule has 2 fully saturated rings. The lowest BCUT2D eigenvalue weighted by Gasteiger charge is -2.20. The average Bonchev–Trinajstić information content (AvgIpc) is 2.92. The normalized spacial score (nSPS) is 24.5. The third-order valence-electron chi connectivity index (χ3n) is 4.34. The van der Waals surface area contributed by atoms with Gasteiger partial charge in [0.25, 0.3) is 0 Å². The van der Waals surface area contributed by atoms with Crippen LogP contribution < -0.4 is 5.32 Å². The van der Waals surface area contributed by atoms with E-state index in [-0.39, 0.29) is 0 Å². The van der Waals surface area contributed by atoms with E-state index in [9.17, 15) is 0 Å². The van der Waals surface area contributed by atoms with Crippen molar-refractivity contribution in [3.8, 4) is 0 Å². The first-order valence-corrected chi connectivity index (χ1v) is 7.40. The van der Waals surface area contributed by atoms with E-state index in [1.54, 1.807) is 0 Å². The highest BCUT2D eigenvalue weighted by Gasteiger charge is 2.25. The Hall–Kier alpha value is -0.840. The lowest BCUT2D eigenvalue weighted by molar-refractivity contribution is 0.251. The number of hydrogen-bond acceptors (Lipinski definition) is 4. The highest BCUT2D eigenvalue weighted by molar-refractivity contribution is 5.17. The van der Waals surface area contributed by atoms with Crippen molar-refractivity contribution in [1.82, 2.24) is 15.1 Å². The second kappa shape index (κ2) is 5.65. The standard InChI is InChI=1S/C15H25N3O/c1-17(2)14-5-7-18(10-14)11-15-12(6-8-19-15)9-16-13-3-4-13/h6,8,13-14,16H,3-5,7,9-11H2,1-2H3. The predicted octanol–water partition coefficient (Wildman–Crippen LogP) is 1.67. The number of furan rings is 1. The maximum absolute atomic E-state index is 5.68. The molecule has 1 aliphatic carbocycles. The highest BCUT2D eigenvalue weighted by Crippen LogP contribution is 2.22. The third-order valence-corrected chi connectivity index (χ3v) is 4.34. The molecule has 2 heterocycles. The Kier molecular flexibility index (Phi) is 3.91. The summed E-state index contributed by atoms with van der Waals surface area (Å²) < 4.78 is 5.68. The van der Waals surface area contributed by atoms with E-state index in [4.69, 9.17) is 4.42 Å². The van der Waals surface area contributed by atoms with Crippen molar-refractivity contribution < 1.29 is 4.42 Å². The molecule has 1 atom stereocenters. The molecule has 1 aliphatic heterocycles. The average molecular weight is 263 g/mol.